The van der Waals surface area contributed by atoms with Crippen molar-refractivity contribution < 1.29 is 199 Å². The van der Waals surface area contributed by atoms with Crippen molar-refractivity contribution in [2.75, 3.05) is 46.2 Å². The molecule has 0 radical (unpaired) electrons. The third-order valence-corrected chi connectivity index (χ3v) is 17.1. The van der Waals surface area contributed by atoms with Crippen LogP contribution >= 0.6 is 0 Å². The first kappa shape index (κ1) is 75.5. The summed E-state index contributed by atoms with van der Waals surface area (Å²) in [4.78, 5) is 0. The second-order valence-electron chi connectivity index (χ2n) is 20.8. The molecule has 30 atom stereocenters. The molecule has 0 aromatic heterocycles. The van der Waals surface area contributed by atoms with Crippen LogP contribution in [-0.2, 0) is 125 Å². The lowest BCUT2D eigenvalue weighted by molar-refractivity contribution is -0.334. The summed E-state index contributed by atoms with van der Waals surface area (Å²) in [6.07, 6.45) is -54.6. The van der Waals surface area contributed by atoms with Gasteiger partial charge in [0.05, 0.1) is 76.8 Å². The molecule has 88 heavy (non-hydrogen) atoms. The lowest BCUT2D eigenvalue weighted by atomic mass is 9.87. The van der Waals surface area contributed by atoms with Gasteiger partial charge in [0.15, 0.2) is 31.5 Å². The standard InChI is InChI=1S/C40H70O43S5/c1-11-14(6-68-38-28(50)33(81-86(59,60)61)22(44)13(3)75-38)31(79-84(53,54)55)27(49)37(74-11)70-8-16-23(45)17(4-41)76-36(24(16)46)69-7-15-19(73-12(2)21(43)32(15)80-85(56,57)58)9-71-40-30(52)35(83-88(65,66)67)26(48)20(78-40)10-72-39-29(51)34(82-87(62,63)64)25(47)18(5-42)77-39/h11-52H,4-10H2,1-3H3,(H,53,54,55)(H,56,57,58)(H,59,60,61)(H,62,63,64)(H,65,66,67). The van der Waals surface area contributed by atoms with Gasteiger partial charge in [-0.2, -0.15) is 42.1 Å². The van der Waals surface area contributed by atoms with Crippen LogP contribution in [0.1, 0.15) is 20.8 Å². The molecule has 6 heterocycles. The van der Waals surface area contributed by atoms with Crippen molar-refractivity contribution >= 4 is 52.0 Å². The van der Waals surface area contributed by atoms with E-state index in [0.717, 1.165) is 6.92 Å². The van der Waals surface area contributed by atoms with Crippen molar-refractivity contribution in [3.05, 3.63) is 0 Å². The lowest BCUT2D eigenvalue weighted by Gasteiger charge is -2.47. The number of hydrogen-bond donors (Lipinski definition) is 17. The molecule has 43 nitrogen and oxygen atoms in total. The topological polar surface area (TPSA) is 662 Å². The minimum Gasteiger partial charge on any atom is -0.394 e. The Kier molecular flexibility index (Phi) is 26.1. The highest BCUT2D eigenvalue weighted by molar-refractivity contribution is 7.81. The van der Waals surface area contributed by atoms with Crippen LogP contribution in [0.15, 0.2) is 0 Å². The van der Waals surface area contributed by atoms with E-state index in [1.54, 1.807) is 0 Å². The third-order valence-electron chi connectivity index (χ3n) is 14.7. The summed E-state index contributed by atoms with van der Waals surface area (Å²) >= 11 is 0. The Labute approximate surface area is 499 Å². The van der Waals surface area contributed by atoms with Crippen LogP contribution in [0.3, 0.4) is 0 Å². The Hall–Kier alpha value is -1.57. The molecule has 0 aromatic carbocycles. The van der Waals surface area contributed by atoms with Gasteiger partial charge in [-0.25, -0.2) is 20.9 Å². The van der Waals surface area contributed by atoms with Crippen LogP contribution in [0.5, 0.6) is 0 Å². The van der Waals surface area contributed by atoms with E-state index in [2.05, 4.69) is 12.5 Å². The fourth-order valence-corrected chi connectivity index (χ4v) is 12.9. The highest BCUT2D eigenvalue weighted by Crippen LogP contribution is 2.38. The molecule has 518 valence electrons. The molecule has 30 unspecified atom stereocenters. The van der Waals surface area contributed by atoms with Gasteiger partial charge in [-0.3, -0.25) is 22.8 Å². The first-order valence-electron chi connectivity index (χ1n) is 25.8. The van der Waals surface area contributed by atoms with Gasteiger partial charge in [-0.15, -0.1) is 0 Å². The van der Waals surface area contributed by atoms with Crippen molar-refractivity contribution in [3.63, 3.8) is 0 Å². The van der Waals surface area contributed by atoms with Crippen LogP contribution in [0.2, 0.25) is 0 Å². The summed E-state index contributed by atoms with van der Waals surface area (Å²) in [6, 6.07) is 0. The van der Waals surface area contributed by atoms with E-state index in [1.165, 1.54) is 13.8 Å². The molecule has 0 bridgehead atoms. The van der Waals surface area contributed by atoms with Crippen molar-refractivity contribution in [3.8, 4) is 0 Å². The number of aliphatic hydroxyl groups is 12. The molecule has 17 N–H and O–H groups in total. The van der Waals surface area contributed by atoms with E-state index in [4.69, 9.17) is 60.5 Å². The van der Waals surface area contributed by atoms with Gasteiger partial charge in [0, 0.05) is 17.8 Å². The largest absolute Gasteiger partial charge is 0.397 e. The molecule has 6 aliphatic heterocycles. The molecule has 0 amide bonds. The molecular formula is C40H70O43S5. The summed E-state index contributed by atoms with van der Waals surface area (Å²) in [5.41, 5.74) is 0. The summed E-state index contributed by atoms with van der Waals surface area (Å²) in [5, 5.41) is 130. The normalized spacial score (nSPS) is 44.4. The van der Waals surface area contributed by atoms with E-state index >= 15 is 0 Å². The monoisotopic (exact) mass is 1400 g/mol. The number of aliphatic hydroxyl groups excluding tert-OH is 12. The van der Waals surface area contributed by atoms with Gasteiger partial charge >= 0.3 is 52.0 Å². The average Bonchev–Trinajstić information content (AvgIpc) is 2.25. The van der Waals surface area contributed by atoms with E-state index < -0.39 is 282 Å². The van der Waals surface area contributed by atoms with E-state index in [9.17, 15) is 126 Å². The molecule has 0 aromatic rings. The Morgan fingerprint density at radius 1 is 0.284 bits per heavy atom. The van der Waals surface area contributed by atoms with Gasteiger partial charge < -0.3 is 113 Å². The van der Waals surface area contributed by atoms with E-state index in [-0.39, 0.29) is 0 Å². The second kappa shape index (κ2) is 30.4. The predicted molar refractivity (Wildman–Crippen MR) is 266 cm³/mol. The van der Waals surface area contributed by atoms with Crippen LogP contribution in [0.4, 0.5) is 0 Å². The van der Waals surface area contributed by atoms with Crippen molar-refractivity contribution in [2.24, 2.45) is 17.8 Å². The first-order valence-corrected chi connectivity index (χ1v) is 32.7. The average molecular weight is 1400 g/mol. The number of hydrogen-bond acceptors (Lipinski definition) is 38. The zero-order valence-electron chi connectivity index (χ0n) is 45.5. The van der Waals surface area contributed by atoms with Gasteiger partial charge in [0.1, 0.15) is 104 Å². The Morgan fingerprint density at radius 3 is 1.01 bits per heavy atom. The summed E-state index contributed by atoms with van der Waals surface area (Å²) in [5.74, 6) is -4.98. The second-order valence-corrected chi connectivity index (χ2v) is 26.0. The summed E-state index contributed by atoms with van der Waals surface area (Å²) in [7, 11) is -27.3. The van der Waals surface area contributed by atoms with Crippen LogP contribution in [-0.4, -0.2) is 338 Å². The fraction of sp³-hybridized carbons (Fsp3) is 1.00. The van der Waals surface area contributed by atoms with Gasteiger partial charge in [0.25, 0.3) is 0 Å². The fourth-order valence-electron chi connectivity index (χ4n) is 10.3. The Bertz CT molecular complexity index is 2820. The molecule has 6 rings (SSSR count). The minimum atomic E-state index is -5.60. The van der Waals surface area contributed by atoms with Gasteiger partial charge in [-0.1, -0.05) is 0 Å². The van der Waals surface area contributed by atoms with Crippen LogP contribution in [0.25, 0.3) is 0 Å². The van der Waals surface area contributed by atoms with Gasteiger partial charge in [-0.05, 0) is 20.8 Å². The molecule has 0 aliphatic carbocycles. The highest BCUT2D eigenvalue weighted by Gasteiger charge is 2.56. The lowest BCUT2D eigenvalue weighted by Crippen LogP contribution is -2.63. The first-order chi connectivity index (χ1) is 40.5. The molecule has 0 spiro atoms. The molecule has 48 heteroatoms. The van der Waals surface area contributed by atoms with Crippen molar-refractivity contribution in [2.45, 2.75) is 187 Å². The zero-order chi connectivity index (χ0) is 66.1. The summed E-state index contributed by atoms with van der Waals surface area (Å²) in [6.45, 7) is -3.55. The smallest absolute Gasteiger partial charge is 0.394 e. The number of rotatable bonds is 27. The highest BCUT2D eigenvalue weighted by atomic mass is 32.3. The quantitative estimate of drug-likeness (QED) is 0.0340. The third kappa shape index (κ3) is 19.8. The Balaban J connectivity index is 1.18. The molecule has 6 aliphatic rings. The van der Waals surface area contributed by atoms with E-state index in [1.807, 2.05) is 0 Å². The SMILES string of the molecule is CC1OC(OCC2C(C)OC(OCC3C(O)C(CO)OC(OCC4C(COC5OC(COC6OC(CO)C(O)C(OS(=O)(=O)O)C6O)C(O)C(OS(=O)(=O)O)C5O)OC(C)C(O)C4OS(=O)(=O)O)C3O)C(O)C2OS(=O)(=O)O)C(O)C(OS(=O)(=O)O)C1O. The van der Waals surface area contributed by atoms with Crippen LogP contribution in [0, 0.1) is 17.8 Å². The molecule has 6 fully saturated rings. The minimum absolute atomic E-state index is 0.828. The molecular weight excluding hydrogens is 1330 g/mol. The van der Waals surface area contributed by atoms with E-state index in [0.29, 0.717) is 0 Å². The Morgan fingerprint density at radius 2 is 0.568 bits per heavy atom. The molecule has 0 saturated carbocycles. The zero-order valence-corrected chi connectivity index (χ0v) is 49.6. The maximum atomic E-state index is 12.2. The number of ether oxygens (including phenoxy) is 11. The summed E-state index contributed by atoms with van der Waals surface area (Å²) < 4.78 is 250. The predicted octanol–water partition coefficient (Wildman–Crippen LogP) is -11.1. The van der Waals surface area contributed by atoms with Crippen molar-refractivity contribution in [1.82, 2.24) is 0 Å². The maximum absolute atomic E-state index is 12.2. The van der Waals surface area contributed by atoms with Gasteiger partial charge in [0.2, 0.25) is 0 Å². The maximum Gasteiger partial charge on any atom is 0.397 e. The van der Waals surface area contributed by atoms with Crippen LogP contribution < -0.4 is 0 Å². The van der Waals surface area contributed by atoms with Crippen molar-refractivity contribution in [1.29, 1.82) is 0 Å². The molecule has 6 saturated heterocycles.